The number of nitrogens with zero attached hydrogens (tertiary/aromatic N) is 1. The minimum Gasteiger partial charge on any atom is -0.462 e. The molecule has 3 nitrogen and oxygen atoms in total. The van der Waals surface area contributed by atoms with Crippen LogP contribution >= 0.6 is 0 Å². The van der Waals surface area contributed by atoms with Crippen LogP contribution in [0.3, 0.4) is 0 Å². The summed E-state index contributed by atoms with van der Waals surface area (Å²) in [5.41, 5.74) is 0.421. The van der Waals surface area contributed by atoms with Gasteiger partial charge in [0.05, 0.1) is 6.54 Å². The largest absolute Gasteiger partial charge is 0.462 e. The third kappa shape index (κ3) is 4.08. The van der Waals surface area contributed by atoms with Crippen molar-refractivity contribution in [3.8, 4) is 0 Å². The molecule has 0 amide bonds. The number of likely N-dealkylation sites (tertiary alicyclic amines) is 1. The molecule has 1 fully saturated rings. The summed E-state index contributed by atoms with van der Waals surface area (Å²) in [7, 11) is 0. The van der Waals surface area contributed by atoms with Crippen LogP contribution in [0.15, 0.2) is 16.5 Å². The highest BCUT2D eigenvalue weighted by molar-refractivity contribution is 5.06. The Bertz CT molecular complexity index is 392. The van der Waals surface area contributed by atoms with Gasteiger partial charge in [-0.3, -0.25) is 4.90 Å². The molecule has 2 heterocycles. The maximum absolute atomic E-state index is 9.02. The lowest BCUT2D eigenvalue weighted by Crippen LogP contribution is -2.25. The average Bonchev–Trinajstić information content (AvgIpc) is 2.65. The van der Waals surface area contributed by atoms with E-state index in [2.05, 4.69) is 25.7 Å². The first kappa shape index (κ1) is 14.6. The van der Waals surface area contributed by atoms with Crippen molar-refractivity contribution in [2.75, 3.05) is 13.1 Å². The Hall–Kier alpha value is -0.800. The summed E-state index contributed by atoms with van der Waals surface area (Å²) in [4.78, 5) is 2.48. The van der Waals surface area contributed by atoms with Gasteiger partial charge in [0, 0.05) is 0 Å². The molecule has 0 saturated carbocycles. The number of rotatable bonds is 3. The highest BCUT2D eigenvalue weighted by Gasteiger charge is 2.27. The van der Waals surface area contributed by atoms with Crippen LogP contribution in [0.5, 0.6) is 0 Å². The molecule has 0 bridgehead atoms. The van der Waals surface area contributed by atoms with Gasteiger partial charge in [0.1, 0.15) is 18.1 Å². The van der Waals surface area contributed by atoms with Crippen molar-refractivity contribution in [2.24, 2.45) is 11.3 Å². The van der Waals surface area contributed by atoms with Crippen molar-refractivity contribution in [1.82, 2.24) is 4.90 Å². The Morgan fingerprint density at radius 3 is 2.58 bits per heavy atom. The Balaban J connectivity index is 1.89. The lowest BCUT2D eigenvalue weighted by atomic mass is 9.77. The molecule has 1 aliphatic heterocycles. The normalized spacial score (nSPS) is 22.4. The van der Waals surface area contributed by atoms with Crippen LogP contribution in [0.4, 0.5) is 0 Å². The van der Waals surface area contributed by atoms with E-state index in [1.165, 1.54) is 19.3 Å². The van der Waals surface area contributed by atoms with Gasteiger partial charge in [-0.2, -0.15) is 0 Å². The molecule has 1 saturated heterocycles. The van der Waals surface area contributed by atoms with Crippen molar-refractivity contribution in [3.05, 3.63) is 23.7 Å². The Labute approximate surface area is 116 Å². The van der Waals surface area contributed by atoms with E-state index in [1.54, 1.807) is 0 Å². The van der Waals surface area contributed by atoms with Crippen molar-refractivity contribution in [1.29, 1.82) is 0 Å². The molecule has 0 aliphatic carbocycles. The van der Waals surface area contributed by atoms with Gasteiger partial charge in [-0.1, -0.05) is 20.8 Å². The second-order valence-corrected chi connectivity index (χ2v) is 6.80. The van der Waals surface area contributed by atoms with E-state index in [9.17, 15) is 0 Å². The van der Waals surface area contributed by atoms with Crippen LogP contribution in [-0.4, -0.2) is 23.1 Å². The van der Waals surface area contributed by atoms with Gasteiger partial charge in [0.25, 0.3) is 0 Å². The molecular formula is C16H27NO2. The highest BCUT2D eigenvalue weighted by Crippen LogP contribution is 2.34. The van der Waals surface area contributed by atoms with Crippen LogP contribution in [-0.2, 0) is 13.2 Å². The fraction of sp³-hybridized carbons (Fsp3) is 0.750. The van der Waals surface area contributed by atoms with E-state index in [-0.39, 0.29) is 6.61 Å². The lowest BCUT2D eigenvalue weighted by molar-refractivity contribution is 0.199. The Morgan fingerprint density at radius 1 is 1.21 bits per heavy atom. The smallest absolute Gasteiger partial charge is 0.129 e. The second kappa shape index (κ2) is 6.10. The molecule has 0 aromatic carbocycles. The predicted octanol–water partition coefficient (Wildman–Crippen LogP) is 3.42. The van der Waals surface area contributed by atoms with Crippen molar-refractivity contribution in [2.45, 2.75) is 53.2 Å². The first-order chi connectivity index (χ1) is 8.99. The molecular weight excluding hydrogens is 238 g/mol. The van der Waals surface area contributed by atoms with E-state index >= 15 is 0 Å². The summed E-state index contributed by atoms with van der Waals surface area (Å²) in [6, 6.07) is 3.85. The average molecular weight is 265 g/mol. The molecule has 3 heteroatoms. The molecule has 1 aliphatic rings. The lowest BCUT2D eigenvalue weighted by Gasteiger charge is -2.29. The van der Waals surface area contributed by atoms with Gasteiger partial charge < -0.3 is 9.52 Å². The maximum atomic E-state index is 9.02. The molecule has 0 radical (unpaired) electrons. The predicted molar refractivity (Wildman–Crippen MR) is 76.7 cm³/mol. The van der Waals surface area contributed by atoms with E-state index in [1.807, 2.05) is 12.1 Å². The molecule has 1 aromatic heterocycles. The van der Waals surface area contributed by atoms with Crippen LogP contribution in [0.1, 0.15) is 51.6 Å². The minimum atomic E-state index is -0.00784. The fourth-order valence-electron chi connectivity index (χ4n) is 2.99. The first-order valence-corrected chi connectivity index (χ1v) is 7.40. The van der Waals surface area contributed by atoms with Crippen LogP contribution < -0.4 is 0 Å². The van der Waals surface area contributed by atoms with Gasteiger partial charge in [-0.05, 0) is 55.8 Å². The topological polar surface area (TPSA) is 36.6 Å². The molecule has 1 aromatic rings. The fourth-order valence-corrected chi connectivity index (χ4v) is 2.99. The number of aliphatic hydroxyl groups is 1. The zero-order valence-electron chi connectivity index (χ0n) is 12.5. The van der Waals surface area contributed by atoms with Gasteiger partial charge in [0.2, 0.25) is 0 Å². The van der Waals surface area contributed by atoms with Gasteiger partial charge >= 0.3 is 0 Å². The summed E-state index contributed by atoms with van der Waals surface area (Å²) in [6.45, 7) is 10.2. The van der Waals surface area contributed by atoms with Crippen LogP contribution in [0.2, 0.25) is 0 Å². The highest BCUT2D eigenvalue weighted by atomic mass is 16.4. The van der Waals surface area contributed by atoms with E-state index in [4.69, 9.17) is 9.52 Å². The second-order valence-electron chi connectivity index (χ2n) is 6.80. The standard InChI is InChI=1S/C16H27NO2/c1-16(2,3)13-5-4-9-17(10-8-13)11-14-6-7-15(12-18)19-14/h6-7,13,18H,4-5,8-12H2,1-3H3. The molecule has 19 heavy (non-hydrogen) atoms. The molecule has 1 N–H and O–H groups in total. The van der Waals surface area contributed by atoms with Crippen LogP contribution in [0.25, 0.3) is 0 Å². The number of hydrogen-bond donors (Lipinski definition) is 1. The SMILES string of the molecule is CC(C)(C)C1CCCN(Cc2ccc(CO)o2)CC1. The summed E-state index contributed by atoms with van der Waals surface area (Å²) < 4.78 is 5.58. The van der Waals surface area contributed by atoms with E-state index in [0.29, 0.717) is 11.2 Å². The monoisotopic (exact) mass is 265 g/mol. The van der Waals surface area contributed by atoms with Crippen LogP contribution in [0, 0.1) is 11.3 Å². The molecule has 108 valence electrons. The minimum absolute atomic E-state index is 0.00784. The third-order valence-electron chi connectivity index (χ3n) is 4.30. The summed E-state index contributed by atoms with van der Waals surface area (Å²) in [5.74, 6) is 2.46. The van der Waals surface area contributed by atoms with Crippen molar-refractivity contribution in [3.63, 3.8) is 0 Å². The Morgan fingerprint density at radius 2 is 1.95 bits per heavy atom. The summed E-state index contributed by atoms with van der Waals surface area (Å²) in [6.07, 6.45) is 3.88. The van der Waals surface area contributed by atoms with Crippen molar-refractivity contribution < 1.29 is 9.52 Å². The maximum Gasteiger partial charge on any atom is 0.129 e. The van der Waals surface area contributed by atoms with Gasteiger partial charge in [0.15, 0.2) is 0 Å². The number of furan rings is 1. The first-order valence-electron chi connectivity index (χ1n) is 7.40. The molecule has 0 spiro atoms. The molecule has 1 atom stereocenters. The zero-order chi connectivity index (χ0) is 13.9. The van der Waals surface area contributed by atoms with Crippen molar-refractivity contribution >= 4 is 0 Å². The zero-order valence-corrected chi connectivity index (χ0v) is 12.5. The molecule has 2 rings (SSSR count). The third-order valence-corrected chi connectivity index (χ3v) is 4.30. The summed E-state index contributed by atoms with van der Waals surface area (Å²) in [5, 5.41) is 9.02. The Kier molecular flexibility index (Phi) is 4.69. The van der Waals surface area contributed by atoms with E-state index < -0.39 is 0 Å². The summed E-state index contributed by atoms with van der Waals surface area (Å²) >= 11 is 0. The number of aliphatic hydroxyl groups excluding tert-OH is 1. The number of hydrogen-bond acceptors (Lipinski definition) is 3. The van der Waals surface area contributed by atoms with E-state index in [0.717, 1.165) is 31.3 Å². The van der Waals surface area contributed by atoms with Gasteiger partial charge in [-0.25, -0.2) is 0 Å². The molecule has 1 unspecified atom stereocenters. The quantitative estimate of drug-likeness (QED) is 0.909. The van der Waals surface area contributed by atoms with Gasteiger partial charge in [-0.15, -0.1) is 0 Å².